The van der Waals surface area contributed by atoms with Crippen molar-refractivity contribution in [2.24, 2.45) is 11.8 Å². The molecule has 4 atom stereocenters. The summed E-state index contributed by atoms with van der Waals surface area (Å²) in [6, 6.07) is 31.6. The Hall–Kier alpha value is -5.11. The SMILES string of the molecule is Cc1ccc(N2C(=O)[C@@H]3[C@H]4C(=O)N(c5ccc(C)cc5)C(=O)[C@@]4(Cc4cccc(C)n4)c4ccc(Cl)cc4[C@]3(c3ccc(Cl)cc3)C2=O)cc1. The second-order valence-electron chi connectivity index (χ2n) is 13.5. The lowest BCUT2D eigenvalue weighted by Gasteiger charge is -2.48. The second-order valence-corrected chi connectivity index (χ2v) is 14.4. The third-order valence-corrected chi connectivity index (χ3v) is 11.1. The van der Waals surface area contributed by atoms with E-state index in [9.17, 15) is 0 Å². The number of rotatable bonds is 5. The van der Waals surface area contributed by atoms with Gasteiger partial charge in [0.25, 0.3) is 0 Å². The van der Waals surface area contributed by atoms with E-state index in [1.165, 1.54) is 9.80 Å². The predicted molar refractivity (Wildman–Crippen MR) is 192 cm³/mol. The van der Waals surface area contributed by atoms with Crippen molar-refractivity contribution < 1.29 is 19.2 Å². The molecule has 5 aromatic rings. The number of hydrogen-bond acceptors (Lipinski definition) is 5. The molecule has 0 bridgehead atoms. The lowest BCUT2D eigenvalue weighted by atomic mass is 9.49. The summed E-state index contributed by atoms with van der Waals surface area (Å²) in [6.45, 7) is 5.70. The lowest BCUT2D eigenvalue weighted by molar-refractivity contribution is -0.133. The van der Waals surface area contributed by atoms with Gasteiger partial charge in [-0.1, -0.05) is 82.9 Å². The normalized spacial score (nSPS) is 24.0. The van der Waals surface area contributed by atoms with Crippen molar-refractivity contribution in [3.63, 3.8) is 0 Å². The second kappa shape index (κ2) is 11.5. The Bertz CT molecular complexity index is 2250. The van der Waals surface area contributed by atoms with E-state index < -0.39 is 46.3 Å². The van der Waals surface area contributed by atoms with Crippen LogP contribution >= 0.6 is 23.2 Å². The first-order valence-corrected chi connectivity index (χ1v) is 17.1. The van der Waals surface area contributed by atoms with Crippen LogP contribution in [0.4, 0.5) is 11.4 Å². The minimum Gasteiger partial charge on any atom is -0.274 e. The van der Waals surface area contributed by atoms with Gasteiger partial charge in [0.2, 0.25) is 23.6 Å². The fraction of sp³-hybridized carbons (Fsp3) is 0.195. The summed E-state index contributed by atoms with van der Waals surface area (Å²) >= 11 is 13.1. The molecule has 2 aliphatic heterocycles. The Morgan fingerprint density at radius 2 is 1.18 bits per heavy atom. The van der Waals surface area contributed by atoms with Crippen molar-refractivity contribution in [1.82, 2.24) is 4.98 Å². The van der Waals surface area contributed by atoms with E-state index in [2.05, 4.69) is 0 Å². The quantitative estimate of drug-likeness (QED) is 0.178. The van der Waals surface area contributed by atoms with Gasteiger partial charge >= 0.3 is 0 Å². The first kappa shape index (κ1) is 32.1. The molecule has 9 heteroatoms. The summed E-state index contributed by atoms with van der Waals surface area (Å²) in [5.41, 5.74) is 1.98. The molecule has 0 spiro atoms. The molecule has 248 valence electrons. The molecule has 0 unspecified atom stereocenters. The van der Waals surface area contributed by atoms with Gasteiger partial charge in [-0.25, -0.2) is 9.80 Å². The zero-order valence-electron chi connectivity index (χ0n) is 27.5. The molecule has 4 amide bonds. The van der Waals surface area contributed by atoms with Crippen molar-refractivity contribution in [3.05, 3.63) is 158 Å². The summed E-state index contributed by atoms with van der Waals surface area (Å²) in [5, 5.41) is 0.757. The molecule has 0 saturated carbocycles. The highest BCUT2D eigenvalue weighted by Crippen LogP contribution is 2.64. The Morgan fingerprint density at radius 1 is 0.620 bits per heavy atom. The van der Waals surface area contributed by atoms with E-state index in [4.69, 9.17) is 28.2 Å². The van der Waals surface area contributed by atoms with Crippen LogP contribution < -0.4 is 9.80 Å². The van der Waals surface area contributed by atoms with E-state index in [0.717, 1.165) is 16.8 Å². The predicted octanol–water partition coefficient (Wildman–Crippen LogP) is 7.47. The number of hydrogen-bond donors (Lipinski definition) is 0. The fourth-order valence-corrected chi connectivity index (χ4v) is 8.74. The fourth-order valence-electron chi connectivity index (χ4n) is 8.45. The molecule has 3 aliphatic rings. The highest BCUT2D eigenvalue weighted by Gasteiger charge is 2.77. The number of fused-ring (bicyclic) bond motifs is 6. The van der Waals surface area contributed by atoms with Crippen LogP contribution in [0.2, 0.25) is 10.0 Å². The lowest BCUT2D eigenvalue weighted by Crippen LogP contribution is -2.58. The summed E-state index contributed by atoms with van der Waals surface area (Å²) in [4.78, 5) is 68.4. The number of anilines is 2. The molecule has 2 fully saturated rings. The van der Waals surface area contributed by atoms with Gasteiger partial charge in [-0.15, -0.1) is 0 Å². The Labute approximate surface area is 299 Å². The maximum atomic E-state index is 15.4. The van der Waals surface area contributed by atoms with Gasteiger partial charge in [-0.2, -0.15) is 0 Å². The number of amides is 4. The average Bonchev–Trinajstić information content (AvgIpc) is 3.45. The van der Waals surface area contributed by atoms with E-state index in [1.54, 1.807) is 66.7 Å². The number of benzene rings is 4. The van der Waals surface area contributed by atoms with Crippen LogP contribution in [0.5, 0.6) is 0 Å². The number of carbonyl (C=O) groups is 4. The van der Waals surface area contributed by atoms with Crippen LogP contribution in [0.3, 0.4) is 0 Å². The summed E-state index contributed by atoms with van der Waals surface area (Å²) in [5.74, 6) is -4.74. The largest absolute Gasteiger partial charge is 0.274 e. The average molecular weight is 701 g/mol. The van der Waals surface area contributed by atoms with Crippen molar-refractivity contribution in [2.75, 3.05) is 9.80 Å². The van der Waals surface area contributed by atoms with Crippen LogP contribution in [0, 0.1) is 32.6 Å². The molecule has 0 radical (unpaired) electrons. The maximum Gasteiger partial charge on any atom is 0.249 e. The highest BCUT2D eigenvalue weighted by atomic mass is 35.5. The van der Waals surface area contributed by atoms with Gasteiger partial charge in [0.15, 0.2) is 0 Å². The number of nitrogens with zero attached hydrogens (tertiary/aromatic N) is 3. The Morgan fingerprint density at radius 3 is 1.78 bits per heavy atom. The van der Waals surface area contributed by atoms with E-state index in [0.29, 0.717) is 43.8 Å². The minimum absolute atomic E-state index is 0.0140. The first-order chi connectivity index (χ1) is 24.0. The third-order valence-electron chi connectivity index (χ3n) is 10.6. The zero-order valence-corrected chi connectivity index (χ0v) is 29.0. The van der Waals surface area contributed by atoms with Gasteiger partial charge in [-0.05, 0) is 98.1 Å². The van der Waals surface area contributed by atoms with Crippen LogP contribution in [0.15, 0.2) is 109 Å². The number of aromatic nitrogens is 1. The molecule has 1 aromatic heterocycles. The summed E-state index contributed by atoms with van der Waals surface area (Å²) in [7, 11) is 0. The number of halogens is 2. The van der Waals surface area contributed by atoms with Crippen molar-refractivity contribution in [1.29, 1.82) is 0 Å². The molecule has 8 rings (SSSR count). The van der Waals surface area contributed by atoms with E-state index in [1.807, 2.05) is 63.2 Å². The number of aryl methyl sites for hydroxylation is 3. The standard InChI is InChI=1S/C41H31Cl2N3O4/c1-23-7-16-30(17-8-23)45-36(47)34-35-37(48)46(31-18-9-24(2)10-19-31)39(50)41(35,26-11-13-27(42)14-12-26)33-21-28(43)15-20-32(33)40(34,38(45)49)22-29-6-4-5-25(3)44-29/h4-21,34-35H,22H2,1-3H3/t34-,35-,40-,41-/m0/s1. The van der Waals surface area contributed by atoms with Crippen molar-refractivity contribution >= 4 is 58.2 Å². The van der Waals surface area contributed by atoms with Gasteiger partial charge in [0.1, 0.15) is 5.41 Å². The van der Waals surface area contributed by atoms with Crippen LogP contribution in [-0.4, -0.2) is 28.6 Å². The minimum atomic E-state index is -1.72. The molecule has 1 aliphatic carbocycles. The van der Waals surface area contributed by atoms with E-state index in [-0.39, 0.29) is 6.42 Å². The molecule has 4 aromatic carbocycles. The molecule has 7 nitrogen and oxygen atoms in total. The number of pyridine rings is 1. The topological polar surface area (TPSA) is 87.7 Å². The van der Waals surface area contributed by atoms with Crippen LogP contribution in [0.25, 0.3) is 0 Å². The van der Waals surface area contributed by atoms with Gasteiger partial charge in [0.05, 0.1) is 28.6 Å². The summed E-state index contributed by atoms with van der Waals surface area (Å²) < 4.78 is 0. The monoisotopic (exact) mass is 699 g/mol. The molecular formula is C41H31Cl2N3O4. The highest BCUT2D eigenvalue weighted by molar-refractivity contribution is 6.34. The third kappa shape index (κ3) is 4.39. The smallest absolute Gasteiger partial charge is 0.249 e. The Balaban J connectivity index is 1.49. The van der Waals surface area contributed by atoms with Crippen LogP contribution in [-0.2, 0) is 36.4 Å². The van der Waals surface area contributed by atoms with Crippen molar-refractivity contribution in [2.45, 2.75) is 38.0 Å². The zero-order chi connectivity index (χ0) is 35.1. The maximum absolute atomic E-state index is 15.4. The first-order valence-electron chi connectivity index (χ1n) is 16.4. The molecule has 3 heterocycles. The number of carbonyl (C=O) groups excluding carboxylic acids is 4. The van der Waals surface area contributed by atoms with Crippen molar-refractivity contribution in [3.8, 4) is 0 Å². The van der Waals surface area contributed by atoms with Gasteiger partial charge < -0.3 is 0 Å². The van der Waals surface area contributed by atoms with Crippen LogP contribution in [0.1, 0.15) is 39.2 Å². The molecular weight excluding hydrogens is 669 g/mol. The van der Waals surface area contributed by atoms with E-state index >= 15 is 19.2 Å². The van der Waals surface area contributed by atoms with Gasteiger partial charge in [0, 0.05) is 27.9 Å². The molecule has 2 saturated heterocycles. The summed E-state index contributed by atoms with van der Waals surface area (Å²) in [6.07, 6.45) is 0.0140. The molecule has 50 heavy (non-hydrogen) atoms. The molecule has 0 N–H and O–H groups in total. The number of imide groups is 2. The Kier molecular flexibility index (Phi) is 7.37. The van der Waals surface area contributed by atoms with Gasteiger partial charge in [-0.3, -0.25) is 24.2 Å².